The molecule has 2 aliphatic carbocycles. The molecule has 3 aliphatic rings. The zero-order chi connectivity index (χ0) is 21.7. The average molecular weight is 448 g/mol. The largest absolute Gasteiger partial charge is 0.378 e. The molecule has 1 aliphatic heterocycles. The summed E-state index contributed by atoms with van der Waals surface area (Å²) in [5, 5.41) is 0. The SMILES string of the molecule is O=C(CC1(CC(=O)N2CCOCC2)CCCC1)NNC(=O)c1cc2c(s1)CCCCC2. The van der Waals surface area contributed by atoms with E-state index in [0.717, 1.165) is 38.5 Å². The van der Waals surface area contributed by atoms with Crippen LogP contribution in [0.4, 0.5) is 0 Å². The van der Waals surface area contributed by atoms with Crippen molar-refractivity contribution < 1.29 is 19.1 Å². The topological polar surface area (TPSA) is 87.7 Å². The molecular weight excluding hydrogens is 414 g/mol. The summed E-state index contributed by atoms with van der Waals surface area (Å²) in [5.74, 6) is -0.360. The van der Waals surface area contributed by atoms with E-state index in [1.165, 1.54) is 29.7 Å². The van der Waals surface area contributed by atoms with Crippen LogP contribution in [0.5, 0.6) is 0 Å². The quantitative estimate of drug-likeness (QED) is 0.537. The first kappa shape index (κ1) is 22.3. The van der Waals surface area contributed by atoms with Gasteiger partial charge in [0.1, 0.15) is 0 Å². The third-order valence-corrected chi connectivity index (χ3v) is 8.11. The summed E-state index contributed by atoms with van der Waals surface area (Å²) in [6, 6.07) is 1.98. The number of nitrogens with one attached hydrogen (secondary N) is 2. The van der Waals surface area contributed by atoms with Crippen molar-refractivity contribution in [2.45, 2.75) is 70.6 Å². The highest BCUT2D eigenvalue weighted by Crippen LogP contribution is 2.44. The fourth-order valence-corrected chi connectivity index (χ4v) is 6.29. The highest BCUT2D eigenvalue weighted by Gasteiger charge is 2.39. The third-order valence-electron chi connectivity index (χ3n) is 6.88. The number of fused-ring (bicyclic) bond motifs is 1. The number of carbonyl (C=O) groups excluding carboxylic acids is 3. The maximum Gasteiger partial charge on any atom is 0.279 e. The summed E-state index contributed by atoms with van der Waals surface area (Å²) in [6.45, 7) is 2.42. The first-order chi connectivity index (χ1) is 15.0. The Bertz CT molecular complexity index is 786. The summed E-state index contributed by atoms with van der Waals surface area (Å²) in [6.07, 6.45) is 10.2. The molecule has 0 bridgehead atoms. The molecule has 0 spiro atoms. The molecule has 2 N–H and O–H groups in total. The molecule has 2 fully saturated rings. The number of hydrogen-bond acceptors (Lipinski definition) is 5. The van der Waals surface area contributed by atoms with E-state index in [1.807, 2.05) is 11.0 Å². The highest BCUT2D eigenvalue weighted by molar-refractivity contribution is 7.14. The van der Waals surface area contributed by atoms with E-state index < -0.39 is 0 Å². The van der Waals surface area contributed by atoms with Gasteiger partial charge in [0, 0.05) is 30.8 Å². The van der Waals surface area contributed by atoms with Crippen LogP contribution in [0.2, 0.25) is 0 Å². The number of aryl methyl sites for hydroxylation is 2. The van der Waals surface area contributed by atoms with Crippen LogP contribution in [0.1, 0.15) is 77.9 Å². The Kier molecular flexibility index (Phi) is 7.27. The number of nitrogens with zero attached hydrogens (tertiary/aromatic N) is 1. The van der Waals surface area contributed by atoms with E-state index in [0.29, 0.717) is 37.6 Å². The molecule has 8 heteroatoms. The Morgan fingerprint density at radius 1 is 0.968 bits per heavy atom. The van der Waals surface area contributed by atoms with E-state index in [9.17, 15) is 14.4 Å². The number of hydrogen-bond donors (Lipinski definition) is 2. The Hall–Kier alpha value is -1.93. The standard InChI is InChI=1S/C23H33N3O4S/c27-20(24-25-22(29)19-14-17-6-2-1-3-7-18(17)31-19)15-23(8-4-5-9-23)16-21(28)26-10-12-30-13-11-26/h14H,1-13,15-16H2,(H,24,27)(H,25,29). The number of thiophene rings is 1. The van der Waals surface area contributed by atoms with Crippen LogP contribution < -0.4 is 10.9 Å². The van der Waals surface area contributed by atoms with Crippen LogP contribution in [0.3, 0.4) is 0 Å². The molecular formula is C23H33N3O4S. The fraction of sp³-hybridized carbons (Fsp3) is 0.696. The molecule has 1 saturated heterocycles. The number of hydrazine groups is 1. The second kappa shape index (κ2) is 10.1. The molecule has 0 unspecified atom stereocenters. The predicted octanol–water partition coefficient (Wildman–Crippen LogP) is 2.98. The molecule has 7 nitrogen and oxygen atoms in total. The number of amides is 3. The van der Waals surface area contributed by atoms with Gasteiger partial charge >= 0.3 is 0 Å². The third kappa shape index (κ3) is 5.66. The predicted molar refractivity (Wildman–Crippen MR) is 119 cm³/mol. The van der Waals surface area contributed by atoms with Gasteiger partial charge in [0.25, 0.3) is 5.91 Å². The monoisotopic (exact) mass is 447 g/mol. The smallest absolute Gasteiger partial charge is 0.279 e. The van der Waals surface area contributed by atoms with Crippen molar-refractivity contribution >= 4 is 29.1 Å². The normalized spacial score (nSPS) is 20.6. The van der Waals surface area contributed by atoms with Crippen molar-refractivity contribution in [3.05, 3.63) is 21.4 Å². The minimum Gasteiger partial charge on any atom is -0.378 e. The molecule has 3 amide bonds. The second-order valence-corrected chi connectivity index (χ2v) is 10.3. The van der Waals surface area contributed by atoms with Gasteiger partial charge < -0.3 is 9.64 Å². The maximum atomic E-state index is 12.8. The Balaban J connectivity index is 1.30. The molecule has 0 radical (unpaired) electrons. The Labute approximate surface area is 187 Å². The lowest BCUT2D eigenvalue weighted by Gasteiger charge is -2.33. The van der Waals surface area contributed by atoms with Crippen molar-refractivity contribution in [3.63, 3.8) is 0 Å². The van der Waals surface area contributed by atoms with Gasteiger partial charge in [0.2, 0.25) is 11.8 Å². The number of carbonyl (C=O) groups is 3. The van der Waals surface area contributed by atoms with Gasteiger partial charge in [-0.05, 0) is 55.6 Å². The summed E-state index contributed by atoms with van der Waals surface area (Å²) in [5.41, 5.74) is 6.17. The van der Waals surface area contributed by atoms with Crippen LogP contribution in [0, 0.1) is 5.41 Å². The minimum absolute atomic E-state index is 0.113. The molecule has 1 aromatic rings. The molecule has 0 atom stereocenters. The first-order valence-corrected chi connectivity index (χ1v) is 12.4. The zero-order valence-corrected chi connectivity index (χ0v) is 19.0. The van der Waals surface area contributed by atoms with Gasteiger partial charge in [-0.1, -0.05) is 19.3 Å². The van der Waals surface area contributed by atoms with Gasteiger partial charge in [-0.2, -0.15) is 0 Å². The van der Waals surface area contributed by atoms with Crippen molar-refractivity contribution in [2.24, 2.45) is 5.41 Å². The molecule has 170 valence electrons. The number of rotatable bonds is 5. The van der Waals surface area contributed by atoms with E-state index in [4.69, 9.17) is 4.74 Å². The molecule has 1 saturated carbocycles. The van der Waals surface area contributed by atoms with Gasteiger partial charge in [-0.3, -0.25) is 25.2 Å². The van der Waals surface area contributed by atoms with Gasteiger partial charge in [-0.15, -0.1) is 11.3 Å². The maximum absolute atomic E-state index is 12.8. The zero-order valence-electron chi connectivity index (χ0n) is 18.2. The van der Waals surface area contributed by atoms with E-state index in [1.54, 1.807) is 11.3 Å². The van der Waals surface area contributed by atoms with E-state index in [2.05, 4.69) is 10.9 Å². The number of ether oxygens (including phenoxy) is 1. The lowest BCUT2D eigenvalue weighted by atomic mass is 9.78. The number of morpholine rings is 1. The Morgan fingerprint density at radius 2 is 1.71 bits per heavy atom. The molecule has 2 heterocycles. The minimum atomic E-state index is -0.301. The summed E-state index contributed by atoms with van der Waals surface area (Å²) >= 11 is 1.54. The van der Waals surface area contributed by atoms with E-state index >= 15 is 0 Å². The lowest BCUT2D eigenvalue weighted by molar-refractivity contribution is -0.138. The molecule has 1 aromatic heterocycles. The van der Waals surface area contributed by atoms with Crippen molar-refractivity contribution in [3.8, 4) is 0 Å². The fourth-order valence-electron chi connectivity index (χ4n) is 5.14. The molecule has 31 heavy (non-hydrogen) atoms. The van der Waals surface area contributed by atoms with Crippen molar-refractivity contribution in [2.75, 3.05) is 26.3 Å². The van der Waals surface area contributed by atoms with Crippen LogP contribution >= 0.6 is 11.3 Å². The van der Waals surface area contributed by atoms with Crippen LogP contribution in [0.25, 0.3) is 0 Å². The van der Waals surface area contributed by atoms with Gasteiger partial charge in [0.15, 0.2) is 0 Å². The van der Waals surface area contributed by atoms with Crippen LogP contribution in [0.15, 0.2) is 6.07 Å². The molecule has 0 aromatic carbocycles. The van der Waals surface area contributed by atoms with Gasteiger partial charge in [-0.25, -0.2) is 0 Å². The van der Waals surface area contributed by atoms with Crippen molar-refractivity contribution in [1.82, 2.24) is 15.8 Å². The van der Waals surface area contributed by atoms with Crippen LogP contribution in [-0.2, 0) is 27.2 Å². The van der Waals surface area contributed by atoms with Crippen LogP contribution in [-0.4, -0.2) is 48.9 Å². The highest BCUT2D eigenvalue weighted by atomic mass is 32.1. The average Bonchev–Trinajstić information content (AvgIpc) is 3.34. The summed E-state index contributed by atoms with van der Waals surface area (Å²) in [4.78, 5) is 41.8. The molecule has 4 rings (SSSR count). The summed E-state index contributed by atoms with van der Waals surface area (Å²) in [7, 11) is 0. The first-order valence-electron chi connectivity index (χ1n) is 11.6. The second-order valence-electron chi connectivity index (χ2n) is 9.18. The van der Waals surface area contributed by atoms with Crippen molar-refractivity contribution in [1.29, 1.82) is 0 Å². The summed E-state index contributed by atoms with van der Waals surface area (Å²) < 4.78 is 5.34. The van der Waals surface area contributed by atoms with E-state index in [-0.39, 0.29) is 29.6 Å². The van der Waals surface area contributed by atoms with Gasteiger partial charge in [0.05, 0.1) is 18.1 Å². The Morgan fingerprint density at radius 3 is 2.48 bits per heavy atom. The lowest BCUT2D eigenvalue weighted by Crippen LogP contribution is -2.45.